The number of phenols is 1. The van der Waals surface area contributed by atoms with E-state index in [4.69, 9.17) is 4.74 Å². The maximum Gasteiger partial charge on any atom is 0.257 e. The Kier molecular flexibility index (Phi) is 5.12. The Hall–Kier alpha value is -1.59. The van der Waals surface area contributed by atoms with E-state index in [1.165, 1.54) is 18.1 Å². The number of rotatable bonds is 5. The average molecular weight is 253 g/mol. The van der Waals surface area contributed by atoms with Crippen molar-refractivity contribution in [2.45, 2.75) is 13.0 Å². The maximum atomic E-state index is 12.1. The van der Waals surface area contributed by atoms with Crippen LogP contribution < -0.4 is 0 Å². The van der Waals surface area contributed by atoms with Crippen molar-refractivity contribution in [1.82, 2.24) is 4.90 Å². The molecule has 0 aliphatic heterocycles. The van der Waals surface area contributed by atoms with Crippen LogP contribution in [0.3, 0.4) is 0 Å². The van der Waals surface area contributed by atoms with E-state index in [0.717, 1.165) is 5.56 Å². The van der Waals surface area contributed by atoms with Gasteiger partial charge in [-0.05, 0) is 19.1 Å². The van der Waals surface area contributed by atoms with Crippen LogP contribution in [0.25, 0.3) is 0 Å². The second kappa shape index (κ2) is 6.37. The molecule has 1 unspecified atom stereocenters. The van der Waals surface area contributed by atoms with Crippen LogP contribution in [-0.4, -0.2) is 54.4 Å². The average Bonchev–Trinajstić information content (AvgIpc) is 2.31. The van der Waals surface area contributed by atoms with Crippen molar-refractivity contribution >= 4 is 5.91 Å². The van der Waals surface area contributed by atoms with Gasteiger partial charge in [0.05, 0.1) is 18.3 Å². The number of nitrogens with zero attached hydrogens (tertiary/aromatic N) is 1. The molecule has 1 amide bonds. The van der Waals surface area contributed by atoms with Gasteiger partial charge in [-0.25, -0.2) is 0 Å². The van der Waals surface area contributed by atoms with E-state index in [-0.39, 0.29) is 30.4 Å². The predicted molar refractivity (Wildman–Crippen MR) is 67.7 cm³/mol. The summed E-state index contributed by atoms with van der Waals surface area (Å²) in [6.07, 6.45) is -0.740. The molecule has 0 aliphatic carbocycles. The number of aliphatic hydroxyl groups excluding tert-OH is 1. The Morgan fingerprint density at radius 2 is 2.17 bits per heavy atom. The molecule has 0 spiro atoms. The number of benzene rings is 1. The molecule has 1 aromatic carbocycles. The van der Waals surface area contributed by atoms with Crippen LogP contribution in [0.4, 0.5) is 0 Å². The molecule has 1 rings (SSSR count). The smallest absolute Gasteiger partial charge is 0.257 e. The number of ether oxygens (including phenoxy) is 1. The van der Waals surface area contributed by atoms with Crippen molar-refractivity contribution < 1.29 is 19.7 Å². The van der Waals surface area contributed by atoms with Crippen LogP contribution in [0.2, 0.25) is 0 Å². The number of aryl methyl sites for hydroxylation is 1. The molecule has 0 radical (unpaired) electrons. The molecule has 0 aliphatic rings. The Balaban J connectivity index is 2.77. The topological polar surface area (TPSA) is 70.0 Å². The highest BCUT2D eigenvalue weighted by molar-refractivity contribution is 5.96. The van der Waals surface area contributed by atoms with Gasteiger partial charge in [-0.2, -0.15) is 0 Å². The summed E-state index contributed by atoms with van der Waals surface area (Å²) in [7, 11) is 3.06. The number of hydrogen-bond acceptors (Lipinski definition) is 4. The molecule has 1 atom stereocenters. The van der Waals surface area contributed by atoms with E-state index in [1.54, 1.807) is 19.2 Å². The van der Waals surface area contributed by atoms with E-state index in [9.17, 15) is 15.0 Å². The van der Waals surface area contributed by atoms with E-state index >= 15 is 0 Å². The van der Waals surface area contributed by atoms with Gasteiger partial charge < -0.3 is 19.8 Å². The van der Waals surface area contributed by atoms with Crippen molar-refractivity contribution in [3.8, 4) is 5.75 Å². The third-order valence-electron chi connectivity index (χ3n) is 2.57. The summed E-state index contributed by atoms with van der Waals surface area (Å²) in [4.78, 5) is 13.4. The lowest BCUT2D eigenvalue weighted by atomic mass is 10.1. The number of carbonyl (C=O) groups excluding carboxylic acids is 1. The van der Waals surface area contributed by atoms with Gasteiger partial charge in [0, 0.05) is 20.7 Å². The number of amides is 1. The Labute approximate surface area is 107 Å². The molecular weight excluding hydrogens is 234 g/mol. The SMILES string of the molecule is COCC(O)CN(C)C(=O)c1cc(C)ccc1O. The van der Waals surface area contributed by atoms with Gasteiger partial charge in [0.1, 0.15) is 5.75 Å². The first-order valence-electron chi connectivity index (χ1n) is 5.67. The molecule has 0 bridgehead atoms. The van der Waals surface area contributed by atoms with E-state index in [0.29, 0.717) is 0 Å². The number of hydrogen-bond donors (Lipinski definition) is 2. The molecule has 0 aromatic heterocycles. The van der Waals surface area contributed by atoms with Crippen LogP contribution >= 0.6 is 0 Å². The van der Waals surface area contributed by atoms with Crippen molar-refractivity contribution in [3.05, 3.63) is 29.3 Å². The second-order valence-corrected chi connectivity index (χ2v) is 4.32. The monoisotopic (exact) mass is 253 g/mol. The minimum Gasteiger partial charge on any atom is -0.507 e. The number of carbonyl (C=O) groups is 1. The van der Waals surface area contributed by atoms with Gasteiger partial charge in [-0.15, -0.1) is 0 Å². The molecule has 18 heavy (non-hydrogen) atoms. The standard InChI is InChI=1S/C13H19NO4/c1-9-4-5-12(16)11(6-9)13(17)14(2)7-10(15)8-18-3/h4-6,10,15-16H,7-8H2,1-3H3. The third-order valence-corrected chi connectivity index (χ3v) is 2.57. The summed E-state index contributed by atoms with van der Waals surface area (Å²) in [6, 6.07) is 4.84. The lowest BCUT2D eigenvalue weighted by Crippen LogP contribution is -2.36. The van der Waals surface area contributed by atoms with Crippen LogP contribution in [0.5, 0.6) is 5.75 Å². The van der Waals surface area contributed by atoms with Crippen LogP contribution in [0.1, 0.15) is 15.9 Å². The molecular formula is C13H19NO4. The van der Waals surface area contributed by atoms with Gasteiger partial charge in [-0.1, -0.05) is 11.6 Å². The number of aromatic hydroxyl groups is 1. The van der Waals surface area contributed by atoms with Crippen molar-refractivity contribution in [2.24, 2.45) is 0 Å². The third kappa shape index (κ3) is 3.72. The van der Waals surface area contributed by atoms with Crippen LogP contribution in [0.15, 0.2) is 18.2 Å². The first-order valence-corrected chi connectivity index (χ1v) is 5.67. The van der Waals surface area contributed by atoms with Crippen LogP contribution in [0, 0.1) is 6.92 Å². The zero-order chi connectivity index (χ0) is 13.7. The summed E-state index contributed by atoms with van der Waals surface area (Å²) >= 11 is 0. The predicted octanol–water partition coefficient (Wildman–Crippen LogP) is 0.780. The van der Waals surface area contributed by atoms with Gasteiger partial charge in [0.2, 0.25) is 0 Å². The lowest BCUT2D eigenvalue weighted by Gasteiger charge is -2.21. The fourth-order valence-corrected chi connectivity index (χ4v) is 1.67. The fourth-order valence-electron chi connectivity index (χ4n) is 1.67. The number of aliphatic hydroxyl groups is 1. The van der Waals surface area contributed by atoms with Crippen molar-refractivity contribution in [1.29, 1.82) is 0 Å². The zero-order valence-electron chi connectivity index (χ0n) is 10.9. The lowest BCUT2D eigenvalue weighted by molar-refractivity contribution is 0.0379. The van der Waals surface area contributed by atoms with Gasteiger partial charge in [0.25, 0.3) is 5.91 Å². The Morgan fingerprint density at radius 1 is 1.50 bits per heavy atom. The number of likely N-dealkylation sites (N-methyl/N-ethyl adjacent to an activating group) is 1. The minimum absolute atomic E-state index is 0.0568. The number of methoxy groups -OCH3 is 1. The first-order chi connectivity index (χ1) is 8.45. The molecule has 0 saturated carbocycles. The van der Waals surface area contributed by atoms with Crippen molar-refractivity contribution in [2.75, 3.05) is 27.3 Å². The molecule has 5 nitrogen and oxygen atoms in total. The molecule has 5 heteroatoms. The second-order valence-electron chi connectivity index (χ2n) is 4.32. The highest BCUT2D eigenvalue weighted by Gasteiger charge is 2.18. The van der Waals surface area contributed by atoms with Gasteiger partial charge in [0.15, 0.2) is 0 Å². The van der Waals surface area contributed by atoms with Gasteiger partial charge >= 0.3 is 0 Å². The Bertz CT molecular complexity index is 419. The molecule has 0 heterocycles. The quantitative estimate of drug-likeness (QED) is 0.813. The summed E-state index contributed by atoms with van der Waals surface area (Å²) in [5, 5.41) is 19.2. The Morgan fingerprint density at radius 3 is 2.78 bits per heavy atom. The van der Waals surface area contributed by atoms with Gasteiger partial charge in [-0.3, -0.25) is 4.79 Å². The molecule has 2 N–H and O–H groups in total. The van der Waals surface area contributed by atoms with E-state index in [1.807, 2.05) is 6.92 Å². The normalized spacial score (nSPS) is 12.2. The zero-order valence-corrected chi connectivity index (χ0v) is 10.9. The van der Waals surface area contributed by atoms with E-state index in [2.05, 4.69) is 0 Å². The maximum absolute atomic E-state index is 12.1. The number of phenolic OH excluding ortho intramolecular Hbond substituents is 1. The summed E-state index contributed by atoms with van der Waals surface area (Å²) in [5.41, 5.74) is 1.13. The molecule has 0 saturated heterocycles. The van der Waals surface area contributed by atoms with Crippen molar-refractivity contribution in [3.63, 3.8) is 0 Å². The highest BCUT2D eigenvalue weighted by Crippen LogP contribution is 2.19. The molecule has 100 valence electrons. The fraction of sp³-hybridized carbons (Fsp3) is 0.462. The minimum atomic E-state index is -0.740. The van der Waals surface area contributed by atoms with Crippen LogP contribution in [-0.2, 0) is 4.74 Å². The summed E-state index contributed by atoms with van der Waals surface area (Å²) < 4.78 is 4.80. The summed E-state index contributed by atoms with van der Waals surface area (Å²) in [5.74, 6) is -0.384. The molecule has 1 aromatic rings. The summed E-state index contributed by atoms with van der Waals surface area (Å²) in [6.45, 7) is 2.16. The largest absolute Gasteiger partial charge is 0.507 e. The first kappa shape index (κ1) is 14.5. The van der Waals surface area contributed by atoms with E-state index < -0.39 is 6.10 Å². The molecule has 0 fully saturated rings. The highest BCUT2D eigenvalue weighted by atomic mass is 16.5.